The number of phenols is 1. The summed E-state index contributed by atoms with van der Waals surface area (Å²) in [4.78, 5) is 3.68. The van der Waals surface area contributed by atoms with Gasteiger partial charge in [-0.05, 0) is 62.2 Å². The van der Waals surface area contributed by atoms with Crippen molar-refractivity contribution >= 4 is 22.2 Å². The molecule has 0 atom stereocenters. The Morgan fingerprint density at radius 2 is 1.53 bits per heavy atom. The molecule has 0 spiro atoms. The van der Waals surface area contributed by atoms with E-state index in [9.17, 15) is 26.7 Å². The molecule has 2 aromatic carbocycles. The van der Waals surface area contributed by atoms with Gasteiger partial charge >= 0.3 is 6.18 Å². The van der Waals surface area contributed by atoms with Crippen molar-refractivity contribution in [1.29, 1.82) is 0 Å². The second-order valence-electron chi connectivity index (χ2n) is 8.86. The lowest BCUT2D eigenvalue weighted by Gasteiger charge is -2.22. The van der Waals surface area contributed by atoms with Gasteiger partial charge in [-0.3, -0.25) is 4.98 Å². The summed E-state index contributed by atoms with van der Waals surface area (Å²) in [7, 11) is -3.36. The SMILES string of the molecule is CC(C)(C)NCc1cc(-c2ccc(S(C)(=O)=O)cc2)cc(-c2ccc(C(F)(F)F)nc2)c1O.Cl. The molecule has 0 amide bonds. The van der Waals surface area contributed by atoms with Crippen LogP contribution in [0.2, 0.25) is 0 Å². The smallest absolute Gasteiger partial charge is 0.433 e. The summed E-state index contributed by atoms with van der Waals surface area (Å²) in [6, 6.07) is 11.8. The summed E-state index contributed by atoms with van der Waals surface area (Å²) in [5.74, 6) is -0.0650. The molecule has 1 aromatic heterocycles. The summed E-state index contributed by atoms with van der Waals surface area (Å²) in [5, 5.41) is 14.2. The number of nitrogens with zero attached hydrogens (tertiary/aromatic N) is 1. The Kier molecular flexibility index (Phi) is 8.07. The van der Waals surface area contributed by atoms with Crippen molar-refractivity contribution in [3.05, 3.63) is 66.0 Å². The number of alkyl halides is 3. The predicted molar refractivity (Wildman–Crippen MR) is 129 cm³/mol. The average Bonchev–Trinajstić information content (AvgIpc) is 2.71. The standard InChI is InChI=1S/C24H25F3N2O3S.ClH/c1-23(2,3)29-14-18-11-17(15-5-8-19(9-6-15)33(4,31)32)12-20(22(18)30)16-7-10-21(28-13-16)24(25,26)27;/h5-13,29-30H,14H2,1-4H3;1H. The minimum Gasteiger partial charge on any atom is -0.507 e. The van der Waals surface area contributed by atoms with E-state index in [0.29, 0.717) is 34.4 Å². The zero-order valence-corrected chi connectivity index (χ0v) is 20.7. The molecule has 184 valence electrons. The molecule has 0 fully saturated rings. The van der Waals surface area contributed by atoms with Crippen molar-refractivity contribution in [2.24, 2.45) is 0 Å². The molecule has 0 aliphatic rings. The first-order valence-electron chi connectivity index (χ1n) is 10.1. The highest BCUT2D eigenvalue weighted by molar-refractivity contribution is 7.90. The lowest BCUT2D eigenvalue weighted by Crippen LogP contribution is -2.35. The number of nitrogens with one attached hydrogen (secondary N) is 1. The Morgan fingerprint density at radius 1 is 0.941 bits per heavy atom. The Balaban J connectivity index is 0.00000408. The highest BCUT2D eigenvalue weighted by Crippen LogP contribution is 2.38. The number of pyridine rings is 1. The quantitative estimate of drug-likeness (QED) is 0.446. The number of hydrogen-bond donors (Lipinski definition) is 2. The van der Waals surface area contributed by atoms with Crippen LogP contribution in [0.4, 0.5) is 13.2 Å². The number of benzene rings is 2. The number of phenolic OH excluding ortho intramolecular Hbond substituents is 1. The molecule has 10 heteroatoms. The fraction of sp³-hybridized carbons (Fsp3) is 0.292. The van der Waals surface area contributed by atoms with Crippen molar-refractivity contribution in [3.8, 4) is 28.0 Å². The highest BCUT2D eigenvalue weighted by Gasteiger charge is 2.32. The molecule has 0 bridgehead atoms. The second-order valence-corrected chi connectivity index (χ2v) is 10.9. The van der Waals surface area contributed by atoms with E-state index >= 15 is 0 Å². The van der Waals surface area contributed by atoms with E-state index in [0.717, 1.165) is 18.5 Å². The fourth-order valence-electron chi connectivity index (χ4n) is 3.19. The molecule has 34 heavy (non-hydrogen) atoms. The monoisotopic (exact) mass is 514 g/mol. The van der Waals surface area contributed by atoms with Crippen LogP contribution in [-0.4, -0.2) is 30.3 Å². The normalized spacial score (nSPS) is 12.3. The van der Waals surface area contributed by atoms with Gasteiger partial charge in [0.1, 0.15) is 11.4 Å². The van der Waals surface area contributed by atoms with Crippen LogP contribution in [-0.2, 0) is 22.6 Å². The summed E-state index contributed by atoms with van der Waals surface area (Å²) in [5.41, 5.74) is 1.31. The van der Waals surface area contributed by atoms with Crippen LogP contribution in [0.3, 0.4) is 0 Å². The molecule has 3 aromatic rings. The van der Waals surface area contributed by atoms with Gasteiger partial charge in [0, 0.05) is 41.2 Å². The van der Waals surface area contributed by atoms with Crippen molar-refractivity contribution in [2.45, 2.75) is 43.9 Å². The van der Waals surface area contributed by atoms with Crippen molar-refractivity contribution in [1.82, 2.24) is 10.3 Å². The Labute approximate surface area is 203 Å². The van der Waals surface area contributed by atoms with E-state index < -0.39 is 21.7 Å². The first-order chi connectivity index (χ1) is 15.1. The van der Waals surface area contributed by atoms with Crippen LogP contribution in [0.15, 0.2) is 59.6 Å². The lowest BCUT2D eigenvalue weighted by atomic mass is 9.95. The topological polar surface area (TPSA) is 79.3 Å². The molecular formula is C24H26ClF3N2O3S. The van der Waals surface area contributed by atoms with Crippen molar-refractivity contribution in [2.75, 3.05) is 6.26 Å². The third-order valence-electron chi connectivity index (χ3n) is 4.98. The molecule has 5 nitrogen and oxygen atoms in total. The van der Waals surface area contributed by atoms with Gasteiger partial charge in [-0.15, -0.1) is 12.4 Å². The third kappa shape index (κ3) is 6.71. The molecule has 0 unspecified atom stereocenters. The lowest BCUT2D eigenvalue weighted by molar-refractivity contribution is -0.141. The minimum absolute atomic E-state index is 0. The summed E-state index contributed by atoms with van der Waals surface area (Å²) in [6.07, 6.45) is -2.37. The van der Waals surface area contributed by atoms with Gasteiger partial charge in [-0.25, -0.2) is 8.42 Å². The Hall–Kier alpha value is -2.62. The van der Waals surface area contributed by atoms with Gasteiger partial charge in [0.2, 0.25) is 0 Å². The van der Waals surface area contributed by atoms with Gasteiger partial charge in [-0.2, -0.15) is 13.2 Å². The molecule has 2 N–H and O–H groups in total. The summed E-state index contributed by atoms with van der Waals surface area (Å²) >= 11 is 0. The minimum atomic E-state index is -4.56. The van der Waals surface area contributed by atoms with Crippen molar-refractivity contribution in [3.63, 3.8) is 0 Å². The van der Waals surface area contributed by atoms with Gasteiger partial charge in [0.05, 0.1) is 4.90 Å². The summed E-state index contributed by atoms with van der Waals surface area (Å²) in [6.45, 7) is 6.22. The zero-order chi connectivity index (χ0) is 24.6. The molecule has 0 aliphatic heterocycles. The van der Waals surface area contributed by atoms with Gasteiger partial charge < -0.3 is 10.4 Å². The average molecular weight is 515 g/mol. The van der Waals surface area contributed by atoms with Crippen LogP contribution in [0.25, 0.3) is 22.3 Å². The molecule has 0 saturated carbocycles. The highest BCUT2D eigenvalue weighted by atomic mass is 35.5. The first-order valence-corrected chi connectivity index (χ1v) is 12.0. The first kappa shape index (κ1) is 27.6. The zero-order valence-electron chi connectivity index (χ0n) is 19.1. The summed E-state index contributed by atoms with van der Waals surface area (Å²) < 4.78 is 62.3. The molecular weight excluding hydrogens is 489 g/mol. The van der Waals surface area contributed by atoms with Gasteiger partial charge in [-0.1, -0.05) is 18.2 Å². The molecule has 0 saturated heterocycles. The second kappa shape index (κ2) is 9.93. The number of rotatable bonds is 5. The van der Waals surface area contributed by atoms with Crippen LogP contribution < -0.4 is 5.32 Å². The Bertz CT molecular complexity index is 1250. The van der Waals surface area contributed by atoms with E-state index in [2.05, 4.69) is 10.3 Å². The fourth-order valence-corrected chi connectivity index (χ4v) is 3.82. The van der Waals surface area contributed by atoms with Crippen LogP contribution in [0, 0.1) is 0 Å². The Morgan fingerprint density at radius 3 is 2.00 bits per heavy atom. The maximum Gasteiger partial charge on any atom is 0.433 e. The van der Waals surface area contributed by atoms with Crippen LogP contribution in [0.1, 0.15) is 32.0 Å². The number of sulfone groups is 1. The molecule has 1 heterocycles. The number of hydrogen-bond acceptors (Lipinski definition) is 5. The van der Waals surface area contributed by atoms with E-state index in [1.54, 1.807) is 24.3 Å². The largest absolute Gasteiger partial charge is 0.507 e. The van der Waals surface area contributed by atoms with E-state index in [1.165, 1.54) is 18.2 Å². The predicted octanol–water partition coefficient (Wildman–Crippen LogP) is 5.85. The van der Waals surface area contributed by atoms with Crippen LogP contribution in [0.5, 0.6) is 5.75 Å². The van der Waals surface area contributed by atoms with Crippen molar-refractivity contribution < 1.29 is 26.7 Å². The third-order valence-corrected chi connectivity index (χ3v) is 6.11. The molecule has 0 radical (unpaired) electrons. The number of aromatic hydroxyl groups is 1. The number of aromatic nitrogens is 1. The van der Waals surface area contributed by atoms with E-state index in [1.807, 2.05) is 20.8 Å². The maximum atomic E-state index is 12.9. The molecule has 3 rings (SSSR count). The van der Waals surface area contributed by atoms with Crippen LogP contribution >= 0.6 is 12.4 Å². The number of halogens is 4. The van der Waals surface area contributed by atoms with E-state index in [4.69, 9.17) is 0 Å². The maximum absolute atomic E-state index is 12.9. The van der Waals surface area contributed by atoms with E-state index in [-0.39, 0.29) is 28.6 Å². The van der Waals surface area contributed by atoms with Gasteiger partial charge in [0.25, 0.3) is 0 Å². The molecule has 0 aliphatic carbocycles. The van der Waals surface area contributed by atoms with Gasteiger partial charge in [0.15, 0.2) is 9.84 Å².